The molecule has 0 aliphatic carbocycles. The van der Waals surface area contributed by atoms with E-state index in [1.165, 1.54) is 0 Å². The van der Waals surface area contributed by atoms with Crippen LogP contribution in [0.1, 0.15) is 5.56 Å². The summed E-state index contributed by atoms with van der Waals surface area (Å²) in [4.78, 5) is 3.18. The predicted octanol–water partition coefficient (Wildman–Crippen LogP) is 4.80. The second-order valence-corrected chi connectivity index (χ2v) is 5.99. The molecule has 0 saturated carbocycles. The summed E-state index contributed by atoms with van der Waals surface area (Å²) in [5.74, 6) is 0. The highest BCUT2D eigenvalue weighted by molar-refractivity contribution is 7.80. The molecule has 0 atom stereocenters. The van der Waals surface area contributed by atoms with Crippen LogP contribution in [-0.4, -0.2) is 16.3 Å². The van der Waals surface area contributed by atoms with Crippen molar-refractivity contribution in [3.8, 4) is 0 Å². The van der Waals surface area contributed by atoms with Gasteiger partial charge in [0.15, 0.2) is 5.11 Å². The molecule has 0 aliphatic rings. The van der Waals surface area contributed by atoms with Gasteiger partial charge in [-0.1, -0.05) is 41.4 Å². The van der Waals surface area contributed by atoms with E-state index in [1.807, 2.05) is 30.5 Å². The zero-order chi connectivity index (χ0) is 16.2. The number of nitrogens with one attached hydrogen (secondary N) is 3. The predicted molar refractivity (Wildman–Crippen MR) is 102 cm³/mol. The van der Waals surface area contributed by atoms with Crippen LogP contribution in [0.15, 0.2) is 53.8 Å². The fraction of sp³-hybridized carbons (Fsp3) is 0. The maximum Gasteiger partial charge on any atom is 0.191 e. The third kappa shape index (κ3) is 3.82. The number of aromatic amines is 1. The summed E-state index contributed by atoms with van der Waals surface area (Å²) < 4.78 is 0. The van der Waals surface area contributed by atoms with Crippen molar-refractivity contribution in [3.05, 3.63) is 64.3 Å². The Morgan fingerprint density at radius 3 is 2.83 bits per heavy atom. The van der Waals surface area contributed by atoms with Gasteiger partial charge in [0.1, 0.15) is 0 Å². The lowest BCUT2D eigenvalue weighted by atomic mass is 10.2. The van der Waals surface area contributed by atoms with Crippen molar-refractivity contribution in [2.45, 2.75) is 0 Å². The second-order valence-electron chi connectivity index (χ2n) is 4.74. The Morgan fingerprint density at radius 1 is 1.17 bits per heavy atom. The van der Waals surface area contributed by atoms with E-state index in [-0.39, 0.29) is 0 Å². The van der Waals surface area contributed by atoms with Crippen LogP contribution >= 0.6 is 35.4 Å². The quantitative estimate of drug-likeness (QED) is 0.356. The molecule has 7 heteroatoms. The number of hydrogen-bond donors (Lipinski definition) is 3. The number of anilines is 1. The lowest BCUT2D eigenvalue weighted by molar-refractivity contribution is 1.05. The van der Waals surface area contributed by atoms with Crippen LogP contribution in [0.4, 0.5) is 5.69 Å². The van der Waals surface area contributed by atoms with Crippen molar-refractivity contribution in [1.29, 1.82) is 0 Å². The van der Waals surface area contributed by atoms with Crippen LogP contribution in [0.25, 0.3) is 10.9 Å². The molecule has 0 radical (unpaired) electrons. The number of hydrogen-bond acceptors (Lipinski definition) is 2. The Labute approximate surface area is 148 Å². The Kier molecular flexibility index (Phi) is 4.81. The lowest BCUT2D eigenvalue weighted by Gasteiger charge is -2.08. The monoisotopic (exact) mass is 362 g/mol. The summed E-state index contributed by atoms with van der Waals surface area (Å²) in [5.41, 5.74) is 5.45. The van der Waals surface area contributed by atoms with Crippen molar-refractivity contribution in [1.82, 2.24) is 10.4 Å². The molecule has 2 aromatic carbocycles. The molecule has 0 saturated heterocycles. The molecule has 3 rings (SSSR count). The average Bonchev–Trinajstić information content (AvgIpc) is 2.94. The van der Waals surface area contributed by atoms with E-state index in [4.69, 9.17) is 35.4 Å². The summed E-state index contributed by atoms with van der Waals surface area (Å²) >= 11 is 17.1. The maximum atomic E-state index is 6.08. The molecule has 3 aromatic rings. The Bertz CT molecular complexity index is 889. The minimum absolute atomic E-state index is 0.338. The van der Waals surface area contributed by atoms with Gasteiger partial charge in [-0.25, -0.2) is 0 Å². The fourth-order valence-corrected chi connectivity index (χ4v) is 2.72. The van der Waals surface area contributed by atoms with E-state index in [9.17, 15) is 0 Å². The van der Waals surface area contributed by atoms with Gasteiger partial charge in [-0.3, -0.25) is 5.43 Å². The van der Waals surface area contributed by atoms with Gasteiger partial charge >= 0.3 is 0 Å². The van der Waals surface area contributed by atoms with Crippen molar-refractivity contribution in [2.24, 2.45) is 5.10 Å². The molecule has 0 unspecified atom stereocenters. The normalized spacial score (nSPS) is 11.0. The first-order chi connectivity index (χ1) is 11.1. The van der Waals surface area contributed by atoms with Gasteiger partial charge in [0.2, 0.25) is 0 Å². The van der Waals surface area contributed by atoms with E-state index in [1.54, 1.807) is 24.4 Å². The van der Waals surface area contributed by atoms with Crippen LogP contribution < -0.4 is 10.7 Å². The third-order valence-electron chi connectivity index (χ3n) is 3.17. The van der Waals surface area contributed by atoms with Crippen LogP contribution in [0.3, 0.4) is 0 Å². The number of thiocarbonyl (C=S) groups is 1. The Balaban J connectivity index is 1.64. The number of H-pyrrole nitrogens is 1. The minimum Gasteiger partial charge on any atom is -0.361 e. The molecule has 4 nitrogen and oxygen atoms in total. The summed E-state index contributed by atoms with van der Waals surface area (Å²) in [6.45, 7) is 0. The average molecular weight is 363 g/mol. The first kappa shape index (κ1) is 15.8. The summed E-state index contributed by atoms with van der Waals surface area (Å²) in [5, 5.41) is 9.59. The minimum atomic E-state index is 0.338. The highest BCUT2D eigenvalue weighted by Crippen LogP contribution is 2.25. The standard InChI is InChI=1S/C16H12Cl2N4S/c17-11-5-6-15(13(18)7-11)21-16(23)22-20-9-10-8-19-14-4-2-1-3-12(10)14/h1-9,19H,(H2,21,22,23). The van der Waals surface area contributed by atoms with Crippen molar-refractivity contribution in [3.63, 3.8) is 0 Å². The molecular formula is C16H12Cl2N4S. The largest absolute Gasteiger partial charge is 0.361 e. The number of fused-ring (bicyclic) bond motifs is 1. The van der Waals surface area contributed by atoms with Crippen LogP contribution in [0.5, 0.6) is 0 Å². The number of benzene rings is 2. The van der Waals surface area contributed by atoms with E-state index >= 15 is 0 Å². The van der Waals surface area contributed by atoms with Crippen molar-refractivity contribution in [2.75, 3.05) is 5.32 Å². The number of nitrogens with zero attached hydrogens (tertiary/aromatic N) is 1. The highest BCUT2D eigenvalue weighted by atomic mass is 35.5. The van der Waals surface area contributed by atoms with Gasteiger partial charge in [0.25, 0.3) is 0 Å². The fourth-order valence-electron chi connectivity index (χ4n) is 2.10. The van der Waals surface area contributed by atoms with Crippen LogP contribution in [0, 0.1) is 0 Å². The molecule has 1 heterocycles. The van der Waals surface area contributed by atoms with Crippen molar-refractivity contribution < 1.29 is 0 Å². The molecule has 23 heavy (non-hydrogen) atoms. The van der Waals surface area contributed by atoms with E-state index in [0.29, 0.717) is 20.8 Å². The highest BCUT2D eigenvalue weighted by Gasteiger charge is 2.03. The zero-order valence-corrected chi connectivity index (χ0v) is 14.1. The molecule has 116 valence electrons. The van der Waals surface area contributed by atoms with Gasteiger partial charge in [-0.15, -0.1) is 0 Å². The Hall–Kier alpha value is -2.08. The molecule has 0 amide bonds. The molecule has 0 fully saturated rings. The second kappa shape index (κ2) is 7.00. The molecule has 0 aliphatic heterocycles. The summed E-state index contributed by atoms with van der Waals surface area (Å²) in [6, 6.07) is 13.1. The van der Waals surface area contributed by atoms with E-state index < -0.39 is 0 Å². The molecule has 0 spiro atoms. The van der Waals surface area contributed by atoms with E-state index in [2.05, 4.69) is 20.8 Å². The van der Waals surface area contributed by atoms with Gasteiger partial charge in [-0.05, 0) is 36.5 Å². The number of halogens is 2. The van der Waals surface area contributed by atoms with E-state index in [0.717, 1.165) is 16.5 Å². The lowest BCUT2D eigenvalue weighted by Crippen LogP contribution is -2.24. The van der Waals surface area contributed by atoms with Gasteiger partial charge < -0.3 is 10.3 Å². The number of hydrazone groups is 1. The first-order valence-electron chi connectivity index (χ1n) is 6.75. The topological polar surface area (TPSA) is 52.2 Å². The first-order valence-corrected chi connectivity index (χ1v) is 7.91. The SMILES string of the molecule is S=C(NN=Cc1c[nH]c2ccccc12)Nc1ccc(Cl)cc1Cl. The molecular weight excluding hydrogens is 351 g/mol. The zero-order valence-electron chi connectivity index (χ0n) is 11.8. The molecule has 3 N–H and O–H groups in total. The van der Waals surface area contributed by atoms with Gasteiger partial charge in [0.05, 0.1) is 16.9 Å². The Morgan fingerprint density at radius 2 is 2.00 bits per heavy atom. The third-order valence-corrected chi connectivity index (χ3v) is 3.91. The number of para-hydroxylation sites is 1. The van der Waals surface area contributed by atoms with Gasteiger partial charge in [-0.2, -0.15) is 5.10 Å². The van der Waals surface area contributed by atoms with Crippen LogP contribution in [0.2, 0.25) is 10.0 Å². The van der Waals surface area contributed by atoms with Crippen LogP contribution in [-0.2, 0) is 0 Å². The smallest absolute Gasteiger partial charge is 0.191 e. The van der Waals surface area contributed by atoms with Crippen molar-refractivity contribution >= 4 is 63.3 Å². The van der Waals surface area contributed by atoms with Gasteiger partial charge in [0, 0.05) is 27.7 Å². The summed E-state index contributed by atoms with van der Waals surface area (Å²) in [6.07, 6.45) is 3.60. The molecule has 1 aromatic heterocycles. The molecule has 0 bridgehead atoms. The summed E-state index contributed by atoms with van der Waals surface area (Å²) in [7, 11) is 0. The number of aromatic nitrogens is 1. The maximum absolute atomic E-state index is 6.08. The number of rotatable bonds is 3.